The lowest BCUT2D eigenvalue weighted by molar-refractivity contribution is -0.242. The maximum atomic E-state index is 13.4. The summed E-state index contributed by atoms with van der Waals surface area (Å²) in [5, 5.41) is 8.24. The van der Waals surface area contributed by atoms with Crippen molar-refractivity contribution in [2.45, 2.75) is 69.8 Å². The van der Waals surface area contributed by atoms with Gasteiger partial charge in [-0.15, -0.1) is 12.8 Å². The van der Waals surface area contributed by atoms with Gasteiger partial charge in [-0.25, -0.2) is 17.9 Å². The van der Waals surface area contributed by atoms with Gasteiger partial charge < -0.3 is 14.8 Å². The molecule has 1 saturated carbocycles. The fourth-order valence-corrected chi connectivity index (χ4v) is 5.48. The molecule has 11 nitrogen and oxygen atoms in total. The fourth-order valence-electron chi connectivity index (χ4n) is 3.68. The molecule has 2 aliphatic rings. The van der Waals surface area contributed by atoms with Crippen LogP contribution in [0.2, 0.25) is 0 Å². The SMILES string of the molecule is C#C.CNC(=O)C1CC1.Cc1nn(C(F)F)cc1S(=O)(=O)N1c2cc(NC(=O)OC(C)(C)C(F)(F)F)ccc2OC[C@H]1C. The second-order valence-electron chi connectivity index (χ2n) is 9.89. The molecule has 0 unspecified atom stereocenters. The van der Waals surface area contributed by atoms with Crippen molar-refractivity contribution in [1.29, 1.82) is 0 Å². The normalized spacial score (nSPS) is 16.4. The lowest BCUT2D eigenvalue weighted by Crippen LogP contribution is -2.45. The van der Waals surface area contributed by atoms with E-state index in [1.54, 1.807) is 7.05 Å². The third kappa shape index (κ3) is 8.27. The average molecular weight is 638 g/mol. The van der Waals surface area contributed by atoms with Crippen LogP contribution in [0.5, 0.6) is 5.75 Å². The van der Waals surface area contributed by atoms with Gasteiger partial charge in [0.05, 0.1) is 23.6 Å². The number of aryl methyl sites for hydroxylation is 1. The first kappa shape index (κ1) is 35.1. The summed E-state index contributed by atoms with van der Waals surface area (Å²) in [6, 6.07) is 2.96. The number of hydrogen-bond acceptors (Lipinski definition) is 7. The number of sulfonamides is 1. The molecule has 0 radical (unpaired) electrons. The van der Waals surface area contributed by atoms with Crippen molar-refractivity contribution in [2.75, 3.05) is 23.3 Å². The standard InChI is InChI=1S/C19H21F5N4O5S.C5H9NO.C2H2/c1-10-9-32-14-6-5-12(25-17(29)33-18(3,4)19(22,23)24)7-13(14)28(10)34(30,31)15-8-27(16(20)21)26-11(15)2;1-6-5(7)4-2-3-4;1-2/h5-8,10,16H,9H2,1-4H3,(H,25,29);4H,2-3H2,1H3,(H,6,7);1-2H/t10-;;/m1../s1. The maximum absolute atomic E-state index is 13.4. The molecule has 1 aliphatic carbocycles. The fraction of sp³-hybridized carbons (Fsp3) is 0.500. The van der Waals surface area contributed by atoms with E-state index >= 15 is 0 Å². The quantitative estimate of drug-likeness (QED) is 0.342. The summed E-state index contributed by atoms with van der Waals surface area (Å²) >= 11 is 0. The summed E-state index contributed by atoms with van der Waals surface area (Å²) in [5.74, 6) is 0.667. The van der Waals surface area contributed by atoms with Gasteiger partial charge in [-0.2, -0.15) is 27.1 Å². The van der Waals surface area contributed by atoms with E-state index in [2.05, 4.69) is 33.3 Å². The van der Waals surface area contributed by atoms with Gasteiger partial charge in [0.2, 0.25) is 11.5 Å². The molecule has 0 bridgehead atoms. The first-order valence-electron chi connectivity index (χ1n) is 12.7. The number of rotatable bonds is 6. The molecular formula is C26H32F5N5O6S. The average Bonchev–Trinajstić information content (AvgIpc) is 3.68. The van der Waals surface area contributed by atoms with Crippen LogP contribution in [0, 0.1) is 25.7 Å². The van der Waals surface area contributed by atoms with Crippen molar-refractivity contribution in [1.82, 2.24) is 15.1 Å². The monoisotopic (exact) mass is 637 g/mol. The number of carbonyl (C=O) groups excluding carboxylic acids is 2. The van der Waals surface area contributed by atoms with E-state index in [0.717, 1.165) is 23.2 Å². The third-order valence-corrected chi connectivity index (χ3v) is 8.19. The smallest absolute Gasteiger partial charge is 0.427 e. The number of aromatic nitrogens is 2. The number of carbonyl (C=O) groups is 2. The molecule has 4 rings (SSSR count). The van der Waals surface area contributed by atoms with Crippen molar-refractivity contribution in [3.63, 3.8) is 0 Å². The molecule has 238 valence electrons. The van der Waals surface area contributed by atoms with E-state index < -0.39 is 45.4 Å². The second-order valence-corrected chi connectivity index (χ2v) is 11.7. The molecule has 43 heavy (non-hydrogen) atoms. The van der Waals surface area contributed by atoms with Gasteiger partial charge >= 0.3 is 18.8 Å². The Balaban J connectivity index is 0.000000619. The minimum absolute atomic E-state index is 0.0594. The van der Waals surface area contributed by atoms with Crippen LogP contribution >= 0.6 is 0 Å². The molecule has 17 heteroatoms. The van der Waals surface area contributed by atoms with Crippen LogP contribution < -0.4 is 19.7 Å². The van der Waals surface area contributed by atoms with E-state index in [9.17, 15) is 40.0 Å². The highest BCUT2D eigenvalue weighted by Crippen LogP contribution is 2.40. The first-order valence-corrected chi connectivity index (χ1v) is 14.1. The van der Waals surface area contributed by atoms with Crippen molar-refractivity contribution < 1.29 is 49.4 Å². The summed E-state index contributed by atoms with van der Waals surface area (Å²) in [4.78, 5) is 22.0. The zero-order chi connectivity index (χ0) is 32.9. The Labute approximate surface area is 245 Å². The summed E-state index contributed by atoms with van der Waals surface area (Å²) in [6.07, 6.45) is 4.65. The van der Waals surface area contributed by atoms with Crippen LogP contribution in [0.4, 0.5) is 38.1 Å². The number of hydrogen-bond donors (Lipinski definition) is 2. The third-order valence-electron chi connectivity index (χ3n) is 6.16. The molecule has 0 saturated heterocycles. The number of nitrogens with one attached hydrogen (secondary N) is 2. The molecule has 2 heterocycles. The van der Waals surface area contributed by atoms with Crippen LogP contribution in [-0.2, 0) is 19.6 Å². The predicted molar refractivity (Wildman–Crippen MR) is 146 cm³/mol. The Hall–Kier alpha value is -4.07. The summed E-state index contributed by atoms with van der Waals surface area (Å²) in [5.41, 5.74) is -3.08. The Morgan fingerprint density at radius 3 is 2.26 bits per heavy atom. The number of fused-ring (bicyclic) bond motifs is 1. The molecular weight excluding hydrogens is 605 g/mol. The van der Waals surface area contributed by atoms with Gasteiger partial charge in [0.15, 0.2) is 0 Å². The van der Waals surface area contributed by atoms with Crippen LogP contribution in [0.1, 0.15) is 45.9 Å². The van der Waals surface area contributed by atoms with Gasteiger partial charge in [-0.3, -0.25) is 14.4 Å². The van der Waals surface area contributed by atoms with Crippen molar-refractivity contribution >= 4 is 33.4 Å². The largest absolute Gasteiger partial charge is 0.489 e. The molecule has 1 fully saturated rings. The molecule has 2 amide bonds. The van der Waals surface area contributed by atoms with Gasteiger partial charge in [0.1, 0.15) is 17.3 Å². The minimum Gasteiger partial charge on any atom is -0.489 e. The molecule has 1 aromatic carbocycles. The summed E-state index contributed by atoms with van der Waals surface area (Å²) in [7, 11) is -2.74. The highest BCUT2D eigenvalue weighted by Gasteiger charge is 2.51. The molecule has 0 spiro atoms. The Bertz CT molecular complexity index is 1440. The molecule has 2 aromatic rings. The molecule has 1 aliphatic heterocycles. The zero-order valence-corrected chi connectivity index (χ0v) is 24.7. The van der Waals surface area contributed by atoms with E-state index in [0.29, 0.717) is 26.0 Å². The van der Waals surface area contributed by atoms with Crippen LogP contribution in [0.15, 0.2) is 29.3 Å². The second kappa shape index (κ2) is 13.5. The number of amides is 2. The summed E-state index contributed by atoms with van der Waals surface area (Å²) < 4.78 is 103. The van der Waals surface area contributed by atoms with Gasteiger partial charge in [0, 0.05) is 18.7 Å². The molecule has 2 N–H and O–H groups in total. The molecule has 1 atom stereocenters. The lowest BCUT2D eigenvalue weighted by Gasteiger charge is -2.35. The number of nitrogens with zero attached hydrogens (tertiary/aromatic N) is 3. The van der Waals surface area contributed by atoms with E-state index in [4.69, 9.17) is 4.74 Å². The van der Waals surface area contributed by atoms with Gasteiger partial charge in [-0.1, -0.05) is 0 Å². The lowest BCUT2D eigenvalue weighted by atomic mass is 10.1. The van der Waals surface area contributed by atoms with Crippen molar-refractivity contribution in [3.05, 3.63) is 30.1 Å². The molecule has 1 aromatic heterocycles. The first-order chi connectivity index (χ1) is 19.9. The van der Waals surface area contributed by atoms with E-state index in [-0.39, 0.29) is 40.0 Å². The number of benzene rings is 1. The Kier molecular flexibility index (Phi) is 11.0. The van der Waals surface area contributed by atoms with Gasteiger partial charge in [0.25, 0.3) is 10.0 Å². The van der Waals surface area contributed by atoms with Gasteiger partial charge in [-0.05, 0) is 58.7 Å². The predicted octanol–water partition coefficient (Wildman–Crippen LogP) is 4.84. The number of ether oxygens (including phenoxy) is 2. The Morgan fingerprint density at radius 2 is 1.79 bits per heavy atom. The highest BCUT2D eigenvalue weighted by molar-refractivity contribution is 7.93. The number of halogens is 5. The number of anilines is 2. The summed E-state index contributed by atoms with van der Waals surface area (Å²) in [6.45, 7) is 0.987. The number of alkyl halides is 5. The van der Waals surface area contributed by atoms with Crippen molar-refractivity contribution in [2.24, 2.45) is 5.92 Å². The van der Waals surface area contributed by atoms with Crippen LogP contribution in [0.3, 0.4) is 0 Å². The van der Waals surface area contributed by atoms with E-state index in [1.165, 1.54) is 26.0 Å². The zero-order valence-electron chi connectivity index (χ0n) is 23.9. The minimum atomic E-state index is -4.82. The topological polar surface area (TPSA) is 132 Å². The highest BCUT2D eigenvalue weighted by atomic mass is 32.2. The van der Waals surface area contributed by atoms with Crippen LogP contribution in [0.25, 0.3) is 0 Å². The van der Waals surface area contributed by atoms with Crippen molar-refractivity contribution in [3.8, 4) is 18.6 Å². The number of terminal acetylenes is 1. The van der Waals surface area contributed by atoms with E-state index in [1.807, 2.05) is 0 Å². The van der Waals surface area contributed by atoms with Crippen LogP contribution in [-0.4, -0.2) is 61.7 Å². The Morgan fingerprint density at radius 1 is 1.19 bits per heavy atom. The maximum Gasteiger partial charge on any atom is 0.427 e.